The van der Waals surface area contributed by atoms with Gasteiger partial charge in [0.15, 0.2) is 0 Å². The molecule has 0 bridgehead atoms. The van der Waals surface area contributed by atoms with Crippen LogP contribution >= 0.6 is 0 Å². The number of nitrogens with zero attached hydrogens (tertiary/aromatic N) is 2. The van der Waals surface area contributed by atoms with Gasteiger partial charge in [-0.15, -0.1) is 0 Å². The molecule has 3 amide bonds. The van der Waals surface area contributed by atoms with Crippen LogP contribution in [0.1, 0.15) is 13.3 Å². The highest BCUT2D eigenvalue weighted by molar-refractivity contribution is 6.10. The Morgan fingerprint density at radius 2 is 1.74 bits per heavy atom. The summed E-state index contributed by atoms with van der Waals surface area (Å²) < 4.78 is 7.49. The standard InChI is InChI=1S/C28H28N4O3/c1-4-31-24-11-6-5-10-22(24)23-16-20(12-13-25(23)31)29-27(33)26-14-18(2)17-32(26)28(34)30-19-8-7-9-21(15-19)35-3/h5-13,15-16,26H,2,4,14,17H2,1,3H3,(H,29,33)(H,30,34)/t26-/m0/s1. The van der Waals surface area contributed by atoms with Gasteiger partial charge in [0.2, 0.25) is 5.91 Å². The lowest BCUT2D eigenvalue weighted by atomic mass is 10.1. The number of hydrogen-bond donors (Lipinski definition) is 2. The fourth-order valence-corrected chi connectivity index (χ4v) is 4.84. The van der Waals surface area contributed by atoms with E-state index in [9.17, 15) is 9.59 Å². The normalized spacial score (nSPS) is 15.5. The van der Waals surface area contributed by atoms with Gasteiger partial charge in [0.25, 0.3) is 0 Å². The Morgan fingerprint density at radius 1 is 0.971 bits per heavy atom. The first-order chi connectivity index (χ1) is 17.0. The number of carbonyl (C=O) groups is 2. The molecule has 2 heterocycles. The highest BCUT2D eigenvalue weighted by atomic mass is 16.5. The predicted octanol–water partition coefficient (Wildman–Crippen LogP) is 5.62. The summed E-state index contributed by atoms with van der Waals surface area (Å²) in [4.78, 5) is 27.9. The number of amides is 3. The van der Waals surface area contributed by atoms with Gasteiger partial charge in [-0.2, -0.15) is 0 Å². The molecule has 0 aliphatic carbocycles. The highest BCUT2D eigenvalue weighted by Crippen LogP contribution is 2.31. The summed E-state index contributed by atoms with van der Waals surface area (Å²) in [5.74, 6) is 0.408. The lowest BCUT2D eigenvalue weighted by molar-refractivity contribution is -0.119. The number of urea groups is 1. The maximum Gasteiger partial charge on any atom is 0.322 e. The van der Waals surface area contributed by atoms with Gasteiger partial charge in [0.1, 0.15) is 11.8 Å². The molecule has 7 heteroatoms. The van der Waals surface area contributed by atoms with Crippen molar-refractivity contribution in [1.29, 1.82) is 0 Å². The Morgan fingerprint density at radius 3 is 2.54 bits per heavy atom. The minimum atomic E-state index is -0.638. The molecule has 178 valence electrons. The highest BCUT2D eigenvalue weighted by Gasteiger charge is 2.36. The van der Waals surface area contributed by atoms with E-state index in [1.54, 1.807) is 31.4 Å². The minimum Gasteiger partial charge on any atom is -0.497 e. The van der Waals surface area contributed by atoms with Gasteiger partial charge in [0, 0.05) is 52.3 Å². The molecule has 4 aromatic rings. The van der Waals surface area contributed by atoms with Crippen LogP contribution in [0.3, 0.4) is 0 Å². The number of rotatable bonds is 5. The molecule has 5 rings (SSSR count). The number of likely N-dealkylation sites (tertiary alicyclic amines) is 1. The molecule has 2 N–H and O–H groups in total. The van der Waals surface area contributed by atoms with E-state index in [0.717, 1.165) is 28.4 Å². The third kappa shape index (κ3) is 4.21. The van der Waals surface area contributed by atoms with Crippen LogP contribution in [0.4, 0.5) is 16.2 Å². The molecule has 1 atom stereocenters. The number of nitrogens with one attached hydrogen (secondary N) is 2. The van der Waals surface area contributed by atoms with Crippen LogP contribution in [-0.2, 0) is 11.3 Å². The van der Waals surface area contributed by atoms with E-state index >= 15 is 0 Å². The van der Waals surface area contributed by atoms with Crippen LogP contribution in [0.2, 0.25) is 0 Å². The smallest absolute Gasteiger partial charge is 0.322 e. The van der Waals surface area contributed by atoms with Crippen molar-refractivity contribution in [3.8, 4) is 5.75 Å². The number of ether oxygens (including phenoxy) is 1. The molecular formula is C28H28N4O3. The predicted molar refractivity (Wildman–Crippen MR) is 140 cm³/mol. The molecule has 0 unspecified atom stereocenters. The number of fused-ring (bicyclic) bond motifs is 3. The molecule has 1 aliphatic rings. The first-order valence-electron chi connectivity index (χ1n) is 11.7. The summed E-state index contributed by atoms with van der Waals surface area (Å²) >= 11 is 0. The number of para-hydroxylation sites is 1. The topological polar surface area (TPSA) is 75.6 Å². The van der Waals surface area contributed by atoms with Gasteiger partial charge in [0.05, 0.1) is 7.11 Å². The number of anilines is 2. The van der Waals surface area contributed by atoms with E-state index in [1.165, 1.54) is 10.4 Å². The lowest BCUT2D eigenvalue weighted by Gasteiger charge is -2.24. The maximum atomic E-state index is 13.3. The van der Waals surface area contributed by atoms with E-state index in [2.05, 4.69) is 40.8 Å². The van der Waals surface area contributed by atoms with Gasteiger partial charge < -0.3 is 24.8 Å². The van der Waals surface area contributed by atoms with Crippen LogP contribution in [0, 0.1) is 0 Å². The molecule has 0 spiro atoms. The molecular weight excluding hydrogens is 440 g/mol. The molecule has 1 fully saturated rings. The minimum absolute atomic E-state index is 0.233. The van der Waals surface area contributed by atoms with E-state index in [-0.39, 0.29) is 11.9 Å². The molecule has 1 aromatic heterocycles. The monoisotopic (exact) mass is 468 g/mol. The van der Waals surface area contributed by atoms with Gasteiger partial charge >= 0.3 is 6.03 Å². The van der Waals surface area contributed by atoms with Gasteiger partial charge in [-0.05, 0) is 49.7 Å². The largest absolute Gasteiger partial charge is 0.497 e. The zero-order valence-electron chi connectivity index (χ0n) is 19.9. The van der Waals surface area contributed by atoms with E-state index < -0.39 is 6.04 Å². The Kier molecular flexibility index (Phi) is 5.91. The van der Waals surface area contributed by atoms with Crippen LogP contribution in [0.5, 0.6) is 5.75 Å². The van der Waals surface area contributed by atoms with Crippen LogP contribution < -0.4 is 15.4 Å². The summed E-state index contributed by atoms with van der Waals surface area (Å²) in [6, 6.07) is 20.4. The molecule has 7 nitrogen and oxygen atoms in total. The lowest BCUT2D eigenvalue weighted by Crippen LogP contribution is -2.45. The second-order valence-electron chi connectivity index (χ2n) is 8.74. The van der Waals surface area contributed by atoms with Crippen molar-refractivity contribution < 1.29 is 14.3 Å². The fourth-order valence-electron chi connectivity index (χ4n) is 4.84. The zero-order chi connectivity index (χ0) is 24.5. The van der Waals surface area contributed by atoms with E-state index in [4.69, 9.17) is 4.74 Å². The van der Waals surface area contributed by atoms with E-state index in [0.29, 0.717) is 30.1 Å². The van der Waals surface area contributed by atoms with Crippen LogP contribution in [-0.4, -0.2) is 41.1 Å². The zero-order valence-corrected chi connectivity index (χ0v) is 19.9. The fraction of sp³-hybridized carbons (Fsp3) is 0.214. The number of benzene rings is 3. The summed E-state index contributed by atoms with van der Waals surface area (Å²) in [7, 11) is 1.57. The van der Waals surface area contributed by atoms with Crippen molar-refractivity contribution in [2.24, 2.45) is 0 Å². The third-order valence-electron chi connectivity index (χ3n) is 6.49. The van der Waals surface area contributed by atoms with Gasteiger partial charge in [-0.3, -0.25) is 4.79 Å². The molecule has 0 radical (unpaired) electrons. The van der Waals surface area contributed by atoms with Crippen molar-refractivity contribution >= 4 is 45.1 Å². The second kappa shape index (κ2) is 9.18. The van der Waals surface area contributed by atoms with Crippen molar-refractivity contribution in [2.75, 3.05) is 24.3 Å². The average molecular weight is 469 g/mol. The Bertz CT molecular complexity index is 1460. The van der Waals surface area contributed by atoms with Crippen molar-refractivity contribution in [2.45, 2.75) is 25.9 Å². The SMILES string of the molecule is C=C1C[C@@H](C(=O)Nc2ccc3c(c2)c2ccccc2n3CC)N(C(=O)Nc2cccc(OC)c2)C1. The molecule has 1 saturated heterocycles. The Labute approximate surface area is 204 Å². The molecule has 1 aliphatic heterocycles. The van der Waals surface area contributed by atoms with Crippen molar-refractivity contribution in [3.63, 3.8) is 0 Å². The van der Waals surface area contributed by atoms with Crippen LogP contribution in [0.15, 0.2) is 78.9 Å². The quantitative estimate of drug-likeness (QED) is 0.373. The summed E-state index contributed by atoms with van der Waals surface area (Å²) in [6.45, 7) is 7.34. The number of hydrogen-bond acceptors (Lipinski definition) is 3. The van der Waals surface area contributed by atoms with E-state index in [1.807, 2.05) is 30.3 Å². The Balaban J connectivity index is 1.37. The number of carbonyl (C=O) groups excluding carboxylic acids is 2. The van der Waals surface area contributed by atoms with Crippen molar-refractivity contribution in [3.05, 3.63) is 78.9 Å². The third-order valence-corrected chi connectivity index (χ3v) is 6.49. The Hall–Kier alpha value is -4.26. The van der Waals surface area contributed by atoms with Crippen molar-refractivity contribution in [1.82, 2.24) is 9.47 Å². The molecule has 3 aromatic carbocycles. The second-order valence-corrected chi connectivity index (χ2v) is 8.74. The summed E-state index contributed by atoms with van der Waals surface area (Å²) in [5.41, 5.74) is 4.43. The van der Waals surface area contributed by atoms with Crippen LogP contribution in [0.25, 0.3) is 21.8 Å². The van der Waals surface area contributed by atoms with Gasteiger partial charge in [-0.25, -0.2) is 4.79 Å². The van der Waals surface area contributed by atoms with Gasteiger partial charge in [-0.1, -0.05) is 36.4 Å². The summed E-state index contributed by atoms with van der Waals surface area (Å²) in [6.07, 6.45) is 0.425. The molecule has 35 heavy (non-hydrogen) atoms. The summed E-state index contributed by atoms with van der Waals surface area (Å²) in [5, 5.41) is 8.12. The average Bonchev–Trinajstić information content (AvgIpc) is 3.42. The number of aryl methyl sites for hydroxylation is 1. The maximum absolute atomic E-state index is 13.3. The first kappa shape index (κ1) is 22.5. The number of aromatic nitrogens is 1. The molecule has 0 saturated carbocycles. The first-order valence-corrected chi connectivity index (χ1v) is 11.7. The number of methoxy groups -OCH3 is 1.